The van der Waals surface area contributed by atoms with Gasteiger partial charge in [0.15, 0.2) is 11.6 Å². The van der Waals surface area contributed by atoms with Crippen LogP contribution in [0.3, 0.4) is 0 Å². The lowest BCUT2D eigenvalue weighted by atomic mass is 9.82. The van der Waals surface area contributed by atoms with E-state index in [4.69, 9.17) is 9.97 Å². The summed E-state index contributed by atoms with van der Waals surface area (Å²) >= 11 is 0. The molecule has 4 heterocycles. The highest BCUT2D eigenvalue weighted by Crippen LogP contribution is 2.55. The lowest BCUT2D eigenvalue weighted by Crippen LogP contribution is -2.30. The van der Waals surface area contributed by atoms with Gasteiger partial charge in [-0.3, -0.25) is 9.59 Å². The van der Waals surface area contributed by atoms with Crippen molar-refractivity contribution in [2.75, 3.05) is 0 Å². The highest BCUT2D eigenvalue weighted by atomic mass is 16.1. The zero-order valence-corrected chi connectivity index (χ0v) is 32.2. The summed E-state index contributed by atoms with van der Waals surface area (Å²) in [6.45, 7) is 0. The third kappa shape index (κ3) is 4.82. The summed E-state index contributed by atoms with van der Waals surface area (Å²) in [4.78, 5) is 36.3. The van der Waals surface area contributed by atoms with Gasteiger partial charge in [-0.2, -0.15) is 0 Å². The second-order valence-electron chi connectivity index (χ2n) is 15.7. The molecule has 8 aromatic rings. The first-order valence-corrected chi connectivity index (χ1v) is 20.2. The fourth-order valence-electron chi connectivity index (χ4n) is 9.71. The van der Waals surface area contributed by atoms with Crippen molar-refractivity contribution < 1.29 is 9.59 Å². The minimum absolute atomic E-state index is 0.0379. The molecule has 0 bridgehead atoms. The molecule has 12 rings (SSSR count). The van der Waals surface area contributed by atoms with Crippen LogP contribution in [-0.4, -0.2) is 30.7 Å². The molecule has 0 N–H and O–H groups in total. The van der Waals surface area contributed by atoms with Crippen molar-refractivity contribution in [2.45, 2.75) is 11.1 Å². The normalized spacial score (nSPS) is 15.7. The topological polar surface area (TPSA) is 69.8 Å². The standard InChI is InChI=1S/C54H34N4O2/c59-41-25-29-53(30-26-41)45-23-21-39(33-43(45)51-55-47(35-13-5-1-6-14-35)49(57(51)53)37-17-9-3-10-18-37)40-22-24-46-44(34-40)52-56-48(36-15-7-2-8-16-36)50(38-19-11-4-12-20-38)58(52)54(46)31-27-42(60)28-32-54/h1-34H. The smallest absolute Gasteiger partial charge is 0.178 e. The van der Waals surface area contributed by atoms with Crippen molar-refractivity contribution in [1.82, 2.24) is 19.1 Å². The van der Waals surface area contributed by atoms with Crippen LogP contribution in [-0.2, 0) is 20.7 Å². The molecule has 4 aliphatic rings. The van der Waals surface area contributed by atoms with Crippen LogP contribution < -0.4 is 0 Å². The number of carbonyl (C=O) groups is 2. The number of carbonyl (C=O) groups excluding carboxylic acids is 2. The van der Waals surface area contributed by atoms with Crippen LogP contribution in [0.4, 0.5) is 0 Å². The number of hydrogen-bond acceptors (Lipinski definition) is 4. The maximum Gasteiger partial charge on any atom is 0.178 e. The van der Waals surface area contributed by atoms with Gasteiger partial charge >= 0.3 is 0 Å². The molecule has 0 saturated heterocycles. The van der Waals surface area contributed by atoms with Gasteiger partial charge in [0.2, 0.25) is 0 Å². The molecular weight excluding hydrogens is 737 g/mol. The highest BCUT2D eigenvalue weighted by Gasteiger charge is 2.46. The van der Waals surface area contributed by atoms with Crippen LogP contribution in [0.15, 0.2) is 206 Å². The van der Waals surface area contributed by atoms with Crippen LogP contribution in [0.2, 0.25) is 0 Å². The number of imidazole rings is 2. The van der Waals surface area contributed by atoms with E-state index in [9.17, 15) is 9.59 Å². The van der Waals surface area contributed by atoms with Gasteiger partial charge in [0, 0.05) is 33.4 Å². The van der Waals surface area contributed by atoms with E-state index in [1.54, 1.807) is 24.3 Å². The van der Waals surface area contributed by atoms with Gasteiger partial charge in [0.25, 0.3) is 0 Å². The Bertz CT molecular complexity index is 2970. The Kier molecular flexibility index (Phi) is 7.26. The summed E-state index contributed by atoms with van der Waals surface area (Å²) in [5.41, 5.74) is 12.5. The molecule has 282 valence electrons. The van der Waals surface area contributed by atoms with E-state index in [1.165, 1.54) is 0 Å². The molecule has 0 unspecified atom stereocenters. The summed E-state index contributed by atoms with van der Waals surface area (Å²) in [6.07, 6.45) is 14.8. The molecule has 0 saturated carbocycles. The van der Waals surface area contributed by atoms with E-state index >= 15 is 0 Å². The first kappa shape index (κ1) is 34.1. The second kappa shape index (κ2) is 12.8. The first-order chi connectivity index (χ1) is 29.5. The minimum atomic E-state index is -0.754. The van der Waals surface area contributed by atoms with Crippen molar-refractivity contribution in [1.29, 1.82) is 0 Å². The van der Waals surface area contributed by atoms with Gasteiger partial charge in [-0.1, -0.05) is 146 Å². The molecule has 2 aromatic heterocycles. The highest BCUT2D eigenvalue weighted by molar-refractivity contribution is 6.03. The predicted molar refractivity (Wildman–Crippen MR) is 237 cm³/mol. The number of benzene rings is 6. The molecule has 2 spiro atoms. The summed E-state index contributed by atoms with van der Waals surface area (Å²) in [5, 5.41) is 0. The number of fused-ring (bicyclic) bond motifs is 10. The SMILES string of the molecule is O=C1C=CC2(C=C1)c1ccc(-c3ccc4c(c3)-c3nc(-c5ccccc5)c(-c5ccccc5)n3C43C=CC(=O)C=C3)cc1-c1nc(-c3ccccc3)c(-c3ccccc3)n12. The molecule has 0 amide bonds. The molecule has 2 aliphatic carbocycles. The van der Waals surface area contributed by atoms with E-state index in [0.29, 0.717) is 0 Å². The van der Waals surface area contributed by atoms with Crippen LogP contribution >= 0.6 is 0 Å². The van der Waals surface area contributed by atoms with Crippen molar-refractivity contribution in [3.05, 3.63) is 217 Å². The zero-order chi connectivity index (χ0) is 40.0. The molecule has 6 heteroatoms. The largest absolute Gasteiger partial charge is 0.306 e. The third-order valence-electron chi connectivity index (χ3n) is 12.4. The van der Waals surface area contributed by atoms with Crippen molar-refractivity contribution in [3.63, 3.8) is 0 Å². The van der Waals surface area contributed by atoms with E-state index in [2.05, 4.69) is 118 Å². The quantitative estimate of drug-likeness (QED) is 0.175. The van der Waals surface area contributed by atoms with Gasteiger partial charge in [-0.05, 0) is 83.0 Å². The van der Waals surface area contributed by atoms with Crippen LogP contribution in [0.1, 0.15) is 11.1 Å². The Labute approximate surface area is 346 Å². The Hall–Kier alpha value is -7.96. The average molecular weight is 771 g/mol. The summed E-state index contributed by atoms with van der Waals surface area (Å²) in [6, 6.07) is 54.6. The van der Waals surface area contributed by atoms with Gasteiger partial charge in [0.1, 0.15) is 22.7 Å². The summed E-state index contributed by atoms with van der Waals surface area (Å²) in [7, 11) is 0. The zero-order valence-electron chi connectivity index (χ0n) is 32.2. The average Bonchev–Trinajstić information content (AvgIpc) is 4.04. The van der Waals surface area contributed by atoms with Gasteiger partial charge in [-0.25, -0.2) is 9.97 Å². The molecule has 0 radical (unpaired) electrons. The molecular formula is C54H34N4O2. The molecule has 6 aromatic carbocycles. The van der Waals surface area contributed by atoms with E-state index in [-0.39, 0.29) is 11.6 Å². The summed E-state index contributed by atoms with van der Waals surface area (Å²) in [5.74, 6) is 1.60. The maximum atomic E-state index is 12.7. The number of allylic oxidation sites excluding steroid dienone is 8. The lowest BCUT2D eigenvalue weighted by molar-refractivity contribution is -0.111. The van der Waals surface area contributed by atoms with Crippen LogP contribution in [0.5, 0.6) is 0 Å². The third-order valence-corrected chi connectivity index (χ3v) is 12.4. The van der Waals surface area contributed by atoms with Gasteiger partial charge in [0.05, 0.1) is 22.8 Å². The Morgan fingerprint density at radius 3 is 1.05 bits per heavy atom. The second-order valence-corrected chi connectivity index (χ2v) is 15.7. The minimum Gasteiger partial charge on any atom is -0.306 e. The van der Waals surface area contributed by atoms with E-state index in [1.807, 2.05) is 72.8 Å². The molecule has 6 nitrogen and oxygen atoms in total. The van der Waals surface area contributed by atoms with E-state index < -0.39 is 11.1 Å². The lowest BCUT2D eigenvalue weighted by Gasteiger charge is -2.30. The summed E-state index contributed by atoms with van der Waals surface area (Å²) < 4.78 is 4.61. The fourth-order valence-corrected chi connectivity index (χ4v) is 9.71. The first-order valence-electron chi connectivity index (χ1n) is 20.2. The predicted octanol–water partition coefficient (Wildman–Crippen LogP) is 11.3. The van der Waals surface area contributed by atoms with Crippen LogP contribution in [0.25, 0.3) is 78.9 Å². The molecule has 60 heavy (non-hydrogen) atoms. The maximum absolute atomic E-state index is 12.7. The Balaban J connectivity index is 1.08. The van der Waals surface area contributed by atoms with Crippen molar-refractivity contribution in [2.24, 2.45) is 0 Å². The number of aromatic nitrogens is 4. The number of nitrogens with zero attached hydrogens (tertiary/aromatic N) is 4. The molecule has 2 aliphatic heterocycles. The van der Waals surface area contributed by atoms with Crippen molar-refractivity contribution >= 4 is 11.6 Å². The molecule has 0 atom stereocenters. The van der Waals surface area contributed by atoms with Crippen molar-refractivity contribution in [3.8, 4) is 78.9 Å². The Morgan fingerprint density at radius 2 is 0.700 bits per heavy atom. The number of hydrogen-bond donors (Lipinski definition) is 0. The number of ketones is 2. The van der Waals surface area contributed by atoms with E-state index in [0.717, 1.165) is 90.1 Å². The molecule has 0 fully saturated rings. The van der Waals surface area contributed by atoms with Gasteiger partial charge in [-0.15, -0.1) is 0 Å². The number of rotatable bonds is 5. The Morgan fingerprint density at radius 1 is 0.367 bits per heavy atom. The van der Waals surface area contributed by atoms with Gasteiger partial charge < -0.3 is 9.13 Å². The fraction of sp³-hybridized carbons (Fsp3) is 0.0370. The monoisotopic (exact) mass is 770 g/mol. The van der Waals surface area contributed by atoms with Crippen LogP contribution in [0, 0.1) is 0 Å².